The van der Waals surface area contributed by atoms with E-state index in [1.165, 1.54) is 17.7 Å². The van der Waals surface area contributed by atoms with Gasteiger partial charge in [0.05, 0.1) is 6.61 Å². The van der Waals surface area contributed by atoms with Gasteiger partial charge in [0, 0.05) is 31.5 Å². The van der Waals surface area contributed by atoms with Crippen molar-refractivity contribution >= 4 is 12.0 Å². The third kappa shape index (κ3) is 2.96. The number of methoxy groups -OCH3 is 1. The SMILES string of the molecule is COCC1=CCN(c2cc(F)cc(C=O)c2)CC1. The number of hydrogen-bond donors (Lipinski definition) is 0. The zero-order valence-corrected chi connectivity index (χ0v) is 10.4. The summed E-state index contributed by atoms with van der Waals surface area (Å²) in [5.74, 6) is -0.374. The Morgan fingerprint density at radius 3 is 2.89 bits per heavy atom. The van der Waals surface area contributed by atoms with E-state index in [1.54, 1.807) is 13.2 Å². The summed E-state index contributed by atoms with van der Waals surface area (Å²) in [5, 5.41) is 0. The van der Waals surface area contributed by atoms with Gasteiger partial charge in [-0.05, 0) is 30.2 Å². The van der Waals surface area contributed by atoms with Gasteiger partial charge < -0.3 is 9.64 Å². The molecule has 1 heterocycles. The summed E-state index contributed by atoms with van der Waals surface area (Å²) < 4.78 is 18.4. The van der Waals surface area contributed by atoms with Crippen molar-refractivity contribution in [1.29, 1.82) is 0 Å². The van der Waals surface area contributed by atoms with Crippen LogP contribution in [0.1, 0.15) is 16.8 Å². The molecule has 0 amide bonds. The van der Waals surface area contributed by atoms with Crippen LogP contribution in [0.5, 0.6) is 0 Å². The first-order valence-electron chi connectivity index (χ1n) is 5.90. The molecule has 18 heavy (non-hydrogen) atoms. The summed E-state index contributed by atoms with van der Waals surface area (Å²) in [6.45, 7) is 2.19. The van der Waals surface area contributed by atoms with Crippen molar-refractivity contribution in [3.05, 3.63) is 41.2 Å². The van der Waals surface area contributed by atoms with E-state index in [9.17, 15) is 9.18 Å². The number of nitrogens with zero attached hydrogens (tertiary/aromatic N) is 1. The fourth-order valence-electron chi connectivity index (χ4n) is 2.11. The van der Waals surface area contributed by atoms with Gasteiger partial charge in [0.2, 0.25) is 0 Å². The van der Waals surface area contributed by atoms with Crippen molar-refractivity contribution in [2.75, 3.05) is 31.7 Å². The molecule has 96 valence electrons. The molecule has 0 spiro atoms. The molecular formula is C14H16FNO2. The van der Waals surface area contributed by atoms with Gasteiger partial charge in [0.1, 0.15) is 12.1 Å². The van der Waals surface area contributed by atoms with Crippen molar-refractivity contribution in [1.82, 2.24) is 0 Å². The highest BCUT2D eigenvalue weighted by molar-refractivity contribution is 5.77. The number of halogens is 1. The Morgan fingerprint density at radius 1 is 1.44 bits per heavy atom. The van der Waals surface area contributed by atoms with Gasteiger partial charge in [-0.3, -0.25) is 4.79 Å². The summed E-state index contributed by atoms with van der Waals surface area (Å²) in [4.78, 5) is 12.8. The molecule has 0 N–H and O–H groups in total. The lowest BCUT2D eigenvalue weighted by Crippen LogP contribution is -2.29. The third-order valence-corrected chi connectivity index (χ3v) is 3.04. The summed E-state index contributed by atoms with van der Waals surface area (Å²) >= 11 is 0. The topological polar surface area (TPSA) is 29.5 Å². The minimum absolute atomic E-state index is 0.372. The highest BCUT2D eigenvalue weighted by Crippen LogP contribution is 2.22. The van der Waals surface area contributed by atoms with Crippen molar-refractivity contribution in [2.24, 2.45) is 0 Å². The number of benzene rings is 1. The summed E-state index contributed by atoms with van der Waals surface area (Å²) in [6, 6.07) is 4.42. The molecule has 0 unspecified atom stereocenters. The van der Waals surface area contributed by atoms with Crippen molar-refractivity contribution in [2.45, 2.75) is 6.42 Å². The van der Waals surface area contributed by atoms with E-state index in [0.29, 0.717) is 18.5 Å². The van der Waals surface area contributed by atoms with E-state index in [4.69, 9.17) is 4.74 Å². The average Bonchev–Trinajstić information content (AvgIpc) is 2.39. The zero-order chi connectivity index (χ0) is 13.0. The average molecular weight is 249 g/mol. The van der Waals surface area contributed by atoms with Crippen LogP contribution < -0.4 is 4.90 Å². The smallest absolute Gasteiger partial charge is 0.150 e. The number of ether oxygens (including phenoxy) is 1. The van der Waals surface area contributed by atoms with Crippen LogP contribution in [0.2, 0.25) is 0 Å². The molecule has 0 aromatic heterocycles. The lowest BCUT2D eigenvalue weighted by atomic mass is 10.1. The lowest BCUT2D eigenvalue weighted by molar-refractivity contribution is 0.112. The first-order chi connectivity index (χ1) is 8.72. The van der Waals surface area contributed by atoms with Crippen LogP contribution in [0.15, 0.2) is 29.8 Å². The first kappa shape index (κ1) is 12.8. The van der Waals surface area contributed by atoms with Gasteiger partial charge in [0.25, 0.3) is 0 Å². The van der Waals surface area contributed by atoms with Crippen molar-refractivity contribution in [3.8, 4) is 0 Å². The third-order valence-electron chi connectivity index (χ3n) is 3.04. The lowest BCUT2D eigenvalue weighted by Gasteiger charge is -2.28. The van der Waals surface area contributed by atoms with Crippen molar-refractivity contribution < 1.29 is 13.9 Å². The fourth-order valence-corrected chi connectivity index (χ4v) is 2.11. The predicted octanol–water partition coefficient (Wildman–Crippen LogP) is 2.42. The maximum Gasteiger partial charge on any atom is 0.150 e. The van der Waals surface area contributed by atoms with Gasteiger partial charge >= 0.3 is 0 Å². The highest BCUT2D eigenvalue weighted by atomic mass is 19.1. The maximum absolute atomic E-state index is 13.3. The van der Waals surface area contributed by atoms with E-state index in [0.717, 1.165) is 25.2 Å². The molecule has 3 nitrogen and oxygen atoms in total. The van der Waals surface area contributed by atoms with Crippen LogP contribution in [0, 0.1) is 5.82 Å². The molecule has 0 fully saturated rings. The second kappa shape index (κ2) is 5.78. The molecule has 0 saturated heterocycles. The Kier molecular flexibility index (Phi) is 4.10. The van der Waals surface area contributed by atoms with Gasteiger partial charge in [-0.25, -0.2) is 4.39 Å². The number of carbonyl (C=O) groups excluding carboxylic acids is 1. The molecule has 0 aliphatic carbocycles. The minimum Gasteiger partial charge on any atom is -0.380 e. The molecule has 1 aliphatic heterocycles. The monoisotopic (exact) mass is 249 g/mol. The molecule has 1 aliphatic rings. The van der Waals surface area contributed by atoms with Gasteiger partial charge in [-0.2, -0.15) is 0 Å². The highest BCUT2D eigenvalue weighted by Gasteiger charge is 2.13. The summed E-state index contributed by atoms with van der Waals surface area (Å²) in [6.07, 6.45) is 3.67. The summed E-state index contributed by atoms with van der Waals surface area (Å²) in [7, 11) is 1.68. The van der Waals surface area contributed by atoms with E-state index >= 15 is 0 Å². The number of carbonyl (C=O) groups is 1. The number of anilines is 1. The second-order valence-corrected chi connectivity index (χ2v) is 4.35. The van der Waals surface area contributed by atoms with E-state index in [-0.39, 0.29) is 5.82 Å². The summed E-state index contributed by atoms with van der Waals surface area (Å²) in [5.41, 5.74) is 2.39. The molecule has 0 radical (unpaired) electrons. The first-order valence-corrected chi connectivity index (χ1v) is 5.90. The molecule has 1 aromatic carbocycles. The molecule has 2 rings (SSSR count). The largest absolute Gasteiger partial charge is 0.380 e. The molecule has 0 atom stereocenters. The van der Waals surface area contributed by atoms with Crippen LogP contribution in [-0.4, -0.2) is 33.1 Å². The van der Waals surface area contributed by atoms with Crippen LogP contribution in [0.4, 0.5) is 10.1 Å². The van der Waals surface area contributed by atoms with Gasteiger partial charge in [0.15, 0.2) is 0 Å². The number of aldehydes is 1. The molecular weight excluding hydrogens is 233 g/mol. The minimum atomic E-state index is -0.374. The normalized spacial score (nSPS) is 15.4. The Balaban J connectivity index is 2.14. The molecule has 4 heteroatoms. The molecule has 1 aromatic rings. The number of hydrogen-bond acceptors (Lipinski definition) is 3. The fraction of sp³-hybridized carbons (Fsp3) is 0.357. The second-order valence-electron chi connectivity index (χ2n) is 4.35. The Morgan fingerprint density at radius 2 is 2.28 bits per heavy atom. The standard InChI is InChI=1S/C14H16FNO2/c1-18-10-11-2-4-16(5-3-11)14-7-12(9-17)6-13(15)8-14/h2,6-9H,3-5,10H2,1H3. The van der Waals surface area contributed by atoms with Gasteiger partial charge in [-0.15, -0.1) is 0 Å². The van der Waals surface area contributed by atoms with Crippen LogP contribution in [0.25, 0.3) is 0 Å². The molecule has 0 bridgehead atoms. The van der Waals surface area contributed by atoms with Crippen LogP contribution in [0.3, 0.4) is 0 Å². The van der Waals surface area contributed by atoms with Crippen LogP contribution >= 0.6 is 0 Å². The molecule has 0 saturated carbocycles. The Labute approximate surface area is 106 Å². The van der Waals surface area contributed by atoms with E-state index < -0.39 is 0 Å². The quantitative estimate of drug-likeness (QED) is 0.606. The maximum atomic E-state index is 13.3. The van der Waals surface area contributed by atoms with Crippen LogP contribution in [-0.2, 0) is 4.74 Å². The van der Waals surface area contributed by atoms with E-state index in [1.807, 2.05) is 0 Å². The Hall–Kier alpha value is -1.68. The van der Waals surface area contributed by atoms with E-state index in [2.05, 4.69) is 11.0 Å². The predicted molar refractivity (Wildman–Crippen MR) is 68.6 cm³/mol. The zero-order valence-electron chi connectivity index (χ0n) is 10.4. The van der Waals surface area contributed by atoms with Gasteiger partial charge in [-0.1, -0.05) is 6.08 Å². The Bertz CT molecular complexity index is 471. The van der Waals surface area contributed by atoms with Crippen molar-refractivity contribution in [3.63, 3.8) is 0 Å². The number of rotatable bonds is 4.